The number of carbonyl (C=O) groups is 3. The quantitative estimate of drug-likeness (QED) is 0.217. The van der Waals surface area contributed by atoms with Crippen LogP contribution < -0.4 is 11.1 Å². The molecule has 4 heterocycles. The van der Waals surface area contributed by atoms with Crippen molar-refractivity contribution in [2.24, 2.45) is 5.41 Å². The van der Waals surface area contributed by atoms with Crippen LogP contribution in [0.15, 0.2) is 19.6 Å². The van der Waals surface area contributed by atoms with Gasteiger partial charge in [0.05, 0.1) is 11.3 Å². The van der Waals surface area contributed by atoms with Gasteiger partial charge in [0.1, 0.15) is 16.8 Å². The van der Waals surface area contributed by atoms with Crippen LogP contribution in [0.2, 0.25) is 0 Å². The highest BCUT2D eigenvalue weighted by Gasteiger charge is 2.57. The lowest BCUT2D eigenvalue weighted by Crippen LogP contribution is -2.74. The number of nitrogens with two attached hydrogens (primary N) is 1. The molecule has 2 aromatic rings. The van der Waals surface area contributed by atoms with Crippen LogP contribution >= 0.6 is 82.0 Å². The number of amides is 2. The number of aromatic nitrogens is 3. The van der Waals surface area contributed by atoms with Gasteiger partial charge in [-0.25, -0.2) is 4.98 Å². The number of anilines is 1. The van der Waals surface area contributed by atoms with Gasteiger partial charge < -0.3 is 21.1 Å². The molecule has 17 heteroatoms. The first-order valence-corrected chi connectivity index (χ1v) is 15.0. The van der Waals surface area contributed by atoms with E-state index in [1.165, 1.54) is 51.1 Å². The Morgan fingerprint density at radius 1 is 1.40 bits per heavy atom. The van der Waals surface area contributed by atoms with Crippen molar-refractivity contribution in [3.63, 3.8) is 0 Å². The Balaban J connectivity index is 0.00000342. The first kappa shape index (κ1) is 28.3. The van der Waals surface area contributed by atoms with Crippen LogP contribution in [0.3, 0.4) is 0 Å². The molecule has 2 aliphatic heterocycles. The summed E-state index contributed by atoms with van der Waals surface area (Å²) in [5.74, 6) is -0.393. The third kappa shape index (κ3) is 5.86. The number of rotatable bonds is 9. The molecule has 4 rings (SSSR count). The molecule has 4 N–H and O–H groups in total. The number of nitrogens with zero attached hydrogens (tertiary/aromatic N) is 4. The van der Waals surface area contributed by atoms with Crippen LogP contribution in [0, 0.1) is 5.41 Å². The zero-order valence-electron chi connectivity index (χ0n) is 18.0. The van der Waals surface area contributed by atoms with Gasteiger partial charge >= 0.3 is 5.97 Å². The van der Waals surface area contributed by atoms with Crippen molar-refractivity contribution in [2.45, 2.75) is 27.0 Å². The number of nitrogen functional groups attached to an aromatic ring is 1. The number of hydrogen-bond donors (Lipinski definition) is 3. The number of fused-ring (bicyclic) bond motifs is 1. The van der Waals surface area contributed by atoms with Gasteiger partial charge in [0.25, 0.3) is 5.91 Å². The molecule has 2 saturated heterocycles. The summed E-state index contributed by atoms with van der Waals surface area (Å²) in [6.07, 6.45) is 0. The molecular formula is C18H20Cl2N6O4S5. The van der Waals surface area contributed by atoms with Crippen molar-refractivity contribution >= 4 is 110 Å². The molecule has 2 aliphatic rings. The second-order valence-electron chi connectivity index (χ2n) is 7.35. The van der Waals surface area contributed by atoms with E-state index >= 15 is 0 Å². The van der Waals surface area contributed by atoms with Crippen LogP contribution in [0.25, 0.3) is 5.57 Å². The van der Waals surface area contributed by atoms with Crippen molar-refractivity contribution in [1.29, 1.82) is 0 Å². The van der Waals surface area contributed by atoms with E-state index in [1.54, 1.807) is 17.1 Å². The van der Waals surface area contributed by atoms with E-state index in [0.717, 1.165) is 15.6 Å². The summed E-state index contributed by atoms with van der Waals surface area (Å²) >= 11 is 12.7. The number of carbonyl (C=O) groups excluding carboxylic acids is 2. The predicted octanol–water partition coefficient (Wildman–Crippen LogP) is 2.95. The number of thioether (sulfide) groups is 3. The zero-order chi connectivity index (χ0) is 24.5. The molecule has 2 aromatic heterocycles. The summed E-state index contributed by atoms with van der Waals surface area (Å²) in [7, 11) is 0. The van der Waals surface area contributed by atoms with Crippen LogP contribution in [0.1, 0.15) is 12.6 Å². The maximum absolute atomic E-state index is 12.8. The van der Waals surface area contributed by atoms with E-state index in [-0.39, 0.29) is 41.6 Å². The molecule has 0 saturated carbocycles. The lowest BCUT2D eigenvalue weighted by Gasteiger charge is -2.53. The molecule has 35 heavy (non-hydrogen) atoms. The summed E-state index contributed by atoms with van der Waals surface area (Å²) < 4.78 is 1.54. The Bertz CT molecular complexity index is 1150. The van der Waals surface area contributed by atoms with E-state index in [9.17, 15) is 19.5 Å². The summed E-state index contributed by atoms with van der Waals surface area (Å²) in [5.41, 5.74) is 6.04. The smallest absolute Gasteiger partial charge is 0.313 e. The van der Waals surface area contributed by atoms with Gasteiger partial charge in [-0.3, -0.25) is 14.4 Å². The minimum Gasteiger partial charge on any atom is -0.481 e. The van der Waals surface area contributed by atoms with Crippen LogP contribution in [0.5, 0.6) is 0 Å². The van der Waals surface area contributed by atoms with Crippen LogP contribution in [0.4, 0.5) is 5.13 Å². The van der Waals surface area contributed by atoms with Crippen molar-refractivity contribution in [3.05, 3.63) is 16.6 Å². The Hall–Kier alpha value is -1.23. The highest BCUT2D eigenvalue weighted by molar-refractivity contribution is 8.03. The van der Waals surface area contributed by atoms with Crippen molar-refractivity contribution < 1.29 is 19.5 Å². The molecule has 0 aliphatic carbocycles. The molecule has 2 fully saturated rings. The van der Waals surface area contributed by atoms with Crippen molar-refractivity contribution in [1.82, 2.24) is 25.4 Å². The maximum Gasteiger partial charge on any atom is 0.313 e. The van der Waals surface area contributed by atoms with Gasteiger partial charge in [-0.1, -0.05) is 53.4 Å². The normalized spacial score (nSPS) is 23.8. The van der Waals surface area contributed by atoms with Gasteiger partial charge in [0, 0.05) is 29.0 Å². The molecule has 10 nitrogen and oxygen atoms in total. The number of carboxylic acids is 1. The number of thiazole rings is 1. The van der Waals surface area contributed by atoms with E-state index in [2.05, 4.69) is 20.5 Å². The Morgan fingerprint density at radius 3 is 2.71 bits per heavy atom. The fraction of sp³-hybridized carbons (Fsp3) is 0.444. The number of hydrogen-bond acceptors (Lipinski definition) is 12. The fourth-order valence-electron chi connectivity index (χ4n) is 3.40. The molecule has 190 valence electrons. The van der Waals surface area contributed by atoms with E-state index in [0.29, 0.717) is 20.9 Å². The Kier molecular flexibility index (Phi) is 9.62. The molecule has 0 spiro atoms. The maximum atomic E-state index is 12.8. The average Bonchev–Trinajstić information content (AvgIpc) is 3.45. The molecular weight excluding hydrogens is 595 g/mol. The standard InChI is InChI=1S/C18H19ClN6O4S5.ClH/c1-2-30-16-23-24-17(34-16)33-7-18(14(28)29)5-25-12(27)10(13(25)32-6-18)22-11(26)8(3-19)9-4-31-15(20)21-9;/h3-4,10,13H,2,5-7H2,1H3,(H2,20,21)(H,22,26)(H,28,29);1H/t10?,13-,18?;/m1./s1. The predicted molar refractivity (Wildman–Crippen MR) is 145 cm³/mol. The first-order valence-electron chi connectivity index (χ1n) is 9.85. The minimum atomic E-state index is -1.13. The molecule has 0 bridgehead atoms. The number of halogens is 2. The van der Waals surface area contributed by atoms with Gasteiger partial charge in [-0.05, 0) is 5.75 Å². The SMILES string of the molecule is CCSc1nnc(SCC2(C(=O)O)CS[C@@H]3C(NC(=O)C(=CCl)c4csc(N)n4)C(=O)N3C2)s1.Cl. The third-order valence-electron chi connectivity index (χ3n) is 5.16. The van der Waals surface area contributed by atoms with E-state index < -0.39 is 23.3 Å². The fourth-order valence-corrected chi connectivity index (χ4v) is 8.95. The minimum absolute atomic E-state index is 0. The Morgan fingerprint density at radius 2 is 2.11 bits per heavy atom. The monoisotopic (exact) mass is 614 g/mol. The number of carboxylic acid groups (broad SMARTS) is 1. The van der Waals surface area contributed by atoms with Gasteiger partial charge in [0.2, 0.25) is 5.91 Å². The lowest BCUT2D eigenvalue weighted by atomic mass is 9.89. The second-order valence-corrected chi connectivity index (χ2v) is 13.3. The molecule has 2 amide bonds. The third-order valence-corrected chi connectivity index (χ3v) is 11.0. The van der Waals surface area contributed by atoms with Gasteiger partial charge in [-0.15, -0.1) is 45.7 Å². The lowest BCUT2D eigenvalue weighted by molar-refractivity contribution is -0.157. The molecule has 0 aromatic carbocycles. The number of aliphatic carboxylic acids is 1. The van der Waals surface area contributed by atoms with Gasteiger partial charge in [-0.2, -0.15) is 0 Å². The molecule has 3 atom stereocenters. The van der Waals surface area contributed by atoms with Gasteiger partial charge in [0.15, 0.2) is 13.8 Å². The molecule has 0 radical (unpaired) electrons. The highest BCUT2D eigenvalue weighted by Crippen LogP contribution is 2.45. The van der Waals surface area contributed by atoms with Crippen LogP contribution in [-0.2, 0) is 14.4 Å². The Labute approximate surface area is 232 Å². The van der Waals surface area contributed by atoms with Crippen molar-refractivity contribution in [3.8, 4) is 0 Å². The topological polar surface area (TPSA) is 151 Å². The summed E-state index contributed by atoms with van der Waals surface area (Å²) in [6, 6.07) is -0.767. The van der Waals surface area contributed by atoms with Crippen molar-refractivity contribution in [2.75, 3.05) is 29.5 Å². The molecule has 2 unspecified atom stereocenters. The van der Waals surface area contributed by atoms with E-state index in [4.69, 9.17) is 17.3 Å². The number of β-lactam (4-membered cyclic amide) rings is 1. The first-order chi connectivity index (χ1) is 16.3. The average molecular weight is 616 g/mol. The zero-order valence-corrected chi connectivity index (χ0v) is 23.7. The largest absolute Gasteiger partial charge is 0.481 e. The van der Waals surface area contributed by atoms with Crippen LogP contribution in [-0.4, -0.2) is 78.2 Å². The summed E-state index contributed by atoms with van der Waals surface area (Å²) in [6.45, 7) is 2.09. The highest BCUT2D eigenvalue weighted by atomic mass is 35.5. The second kappa shape index (κ2) is 11.9. The van der Waals surface area contributed by atoms with E-state index in [1.807, 2.05) is 6.92 Å². The number of nitrogens with one attached hydrogen (secondary N) is 1. The summed E-state index contributed by atoms with van der Waals surface area (Å²) in [4.78, 5) is 43.3. The summed E-state index contributed by atoms with van der Waals surface area (Å²) in [5, 5.41) is 22.5.